The highest BCUT2D eigenvalue weighted by molar-refractivity contribution is 5.50. The van der Waals surface area contributed by atoms with E-state index in [0.29, 0.717) is 0 Å². The Morgan fingerprint density at radius 3 is 0.750 bits per heavy atom. The van der Waals surface area contributed by atoms with Gasteiger partial charge < -0.3 is 0 Å². The summed E-state index contributed by atoms with van der Waals surface area (Å²) in [6.45, 7) is 0. The minimum atomic E-state index is 1.02. The van der Waals surface area contributed by atoms with Crippen LogP contribution in [-0.4, -0.2) is 0 Å². The molecule has 0 aromatic heterocycles. The first kappa shape index (κ1) is 8.84. The van der Waals surface area contributed by atoms with Gasteiger partial charge in [0.1, 0.15) is 0 Å². The van der Waals surface area contributed by atoms with Crippen molar-refractivity contribution in [1.29, 1.82) is 0 Å². The van der Waals surface area contributed by atoms with Gasteiger partial charge in [-0.3, -0.25) is 0 Å². The maximum absolute atomic E-state index is 3.13. The van der Waals surface area contributed by atoms with Crippen molar-refractivity contribution in [2.45, 2.75) is 0 Å². The SMILES string of the molecule is C1#Cc2ccc(cc2)C#Cc2ccc1cc2. The summed E-state index contributed by atoms with van der Waals surface area (Å²) in [5, 5.41) is 0. The normalized spacial score (nSPS) is 10.5. The Balaban J connectivity index is 2.26. The van der Waals surface area contributed by atoms with Gasteiger partial charge in [0.25, 0.3) is 0 Å². The van der Waals surface area contributed by atoms with Crippen LogP contribution in [0.4, 0.5) is 0 Å². The molecule has 4 aliphatic rings. The number of hydrogen-bond donors (Lipinski definition) is 0. The Morgan fingerprint density at radius 2 is 0.562 bits per heavy atom. The summed E-state index contributed by atoms with van der Waals surface area (Å²) >= 11 is 0. The number of hydrogen-bond acceptors (Lipinski definition) is 0. The van der Waals surface area contributed by atoms with E-state index in [0.717, 1.165) is 22.3 Å². The molecule has 0 saturated carbocycles. The fourth-order valence-corrected chi connectivity index (χ4v) is 1.56. The molecule has 4 bridgehead atoms. The molecular formula is C16H8. The van der Waals surface area contributed by atoms with E-state index in [-0.39, 0.29) is 0 Å². The van der Waals surface area contributed by atoms with Crippen molar-refractivity contribution in [3.8, 4) is 23.7 Å². The van der Waals surface area contributed by atoms with Gasteiger partial charge in [0.15, 0.2) is 0 Å². The van der Waals surface area contributed by atoms with Crippen LogP contribution in [0.2, 0.25) is 0 Å². The van der Waals surface area contributed by atoms with Crippen LogP contribution in [0.15, 0.2) is 48.5 Å². The van der Waals surface area contributed by atoms with Crippen molar-refractivity contribution in [2.24, 2.45) is 0 Å². The Hall–Kier alpha value is -2.44. The number of rotatable bonds is 0. The van der Waals surface area contributed by atoms with Crippen LogP contribution in [0.25, 0.3) is 0 Å². The summed E-state index contributed by atoms with van der Waals surface area (Å²) in [6.07, 6.45) is 0. The minimum Gasteiger partial charge on any atom is -0.0617 e. The standard InChI is InChI=1S/C16H8/c1-2-14-4-3-13(1)9-10-15-5-7-16(8-6-15)12-11-14/h1-8H. The van der Waals surface area contributed by atoms with Gasteiger partial charge in [0.2, 0.25) is 0 Å². The second-order valence-electron chi connectivity index (χ2n) is 3.65. The third-order valence-corrected chi connectivity index (χ3v) is 2.47. The molecule has 2 aromatic carbocycles. The molecule has 0 aliphatic heterocycles. The molecule has 0 fully saturated rings. The fourth-order valence-electron chi connectivity index (χ4n) is 1.56. The lowest BCUT2D eigenvalue weighted by Gasteiger charge is -1.95. The van der Waals surface area contributed by atoms with E-state index in [1.54, 1.807) is 0 Å². The smallest absolute Gasteiger partial charge is 0.0249 e. The molecule has 0 nitrogen and oxygen atoms in total. The summed E-state index contributed by atoms with van der Waals surface area (Å²) in [5.41, 5.74) is 4.09. The molecule has 4 aliphatic carbocycles. The molecule has 0 radical (unpaired) electrons. The van der Waals surface area contributed by atoms with Gasteiger partial charge >= 0.3 is 0 Å². The van der Waals surface area contributed by atoms with E-state index in [4.69, 9.17) is 0 Å². The van der Waals surface area contributed by atoms with Gasteiger partial charge in [0, 0.05) is 22.3 Å². The highest BCUT2D eigenvalue weighted by Crippen LogP contribution is 2.06. The molecule has 6 rings (SSSR count). The maximum atomic E-state index is 3.13. The van der Waals surface area contributed by atoms with Crippen LogP contribution >= 0.6 is 0 Å². The van der Waals surface area contributed by atoms with E-state index in [2.05, 4.69) is 23.7 Å². The van der Waals surface area contributed by atoms with Gasteiger partial charge in [0.05, 0.1) is 0 Å². The third-order valence-electron chi connectivity index (χ3n) is 2.47. The second kappa shape index (κ2) is 3.61. The molecule has 0 heterocycles. The first-order valence-electron chi connectivity index (χ1n) is 5.14. The molecule has 2 aromatic rings. The zero-order valence-corrected chi connectivity index (χ0v) is 8.62. The summed E-state index contributed by atoms with van der Waals surface area (Å²) in [7, 11) is 0. The van der Waals surface area contributed by atoms with Crippen LogP contribution in [0.3, 0.4) is 0 Å². The van der Waals surface area contributed by atoms with Crippen molar-refractivity contribution < 1.29 is 0 Å². The quantitative estimate of drug-likeness (QED) is 0.489. The van der Waals surface area contributed by atoms with Gasteiger partial charge in [-0.25, -0.2) is 0 Å². The lowest BCUT2D eigenvalue weighted by Crippen LogP contribution is -1.82. The largest absolute Gasteiger partial charge is 0.0617 e. The molecule has 0 N–H and O–H groups in total. The predicted octanol–water partition coefficient (Wildman–Crippen LogP) is 2.80. The van der Waals surface area contributed by atoms with Crippen molar-refractivity contribution in [1.82, 2.24) is 0 Å². The van der Waals surface area contributed by atoms with Gasteiger partial charge in [-0.2, -0.15) is 0 Å². The summed E-state index contributed by atoms with van der Waals surface area (Å²) < 4.78 is 0. The molecule has 0 heteroatoms. The fraction of sp³-hybridized carbons (Fsp3) is 0. The Labute approximate surface area is 94.9 Å². The first-order valence-corrected chi connectivity index (χ1v) is 5.14. The van der Waals surface area contributed by atoms with Crippen LogP contribution in [0.5, 0.6) is 0 Å². The molecule has 0 spiro atoms. The highest BCUT2D eigenvalue weighted by atomic mass is 14.0. The first-order chi connectivity index (χ1) is 7.90. The topological polar surface area (TPSA) is 0 Å². The molecule has 0 unspecified atom stereocenters. The molecule has 72 valence electrons. The van der Waals surface area contributed by atoms with E-state index < -0.39 is 0 Å². The monoisotopic (exact) mass is 200 g/mol. The van der Waals surface area contributed by atoms with Crippen molar-refractivity contribution in [3.63, 3.8) is 0 Å². The van der Waals surface area contributed by atoms with Crippen LogP contribution in [0.1, 0.15) is 22.3 Å². The van der Waals surface area contributed by atoms with Crippen LogP contribution < -0.4 is 0 Å². The number of benzene rings is 2. The lowest BCUT2D eigenvalue weighted by atomic mass is 10.1. The lowest BCUT2D eigenvalue weighted by molar-refractivity contribution is 1.56. The van der Waals surface area contributed by atoms with E-state index in [9.17, 15) is 0 Å². The molecule has 0 atom stereocenters. The van der Waals surface area contributed by atoms with Gasteiger partial charge in [-0.1, -0.05) is 23.7 Å². The van der Waals surface area contributed by atoms with E-state index in [1.165, 1.54) is 0 Å². The zero-order valence-electron chi connectivity index (χ0n) is 8.62. The third kappa shape index (κ3) is 1.70. The van der Waals surface area contributed by atoms with Crippen molar-refractivity contribution in [3.05, 3.63) is 70.8 Å². The average molecular weight is 200 g/mol. The Kier molecular flexibility index (Phi) is 1.99. The Bertz CT molecular complexity index is 520. The Morgan fingerprint density at radius 1 is 0.375 bits per heavy atom. The van der Waals surface area contributed by atoms with Crippen LogP contribution in [0, 0.1) is 23.7 Å². The maximum Gasteiger partial charge on any atom is 0.0249 e. The van der Waals surface area contributed by atoms with E-state index >= 15 is 0 Å². The average Bonchev–Trinajstić information content (AvgIpc) is 2.33. The van der Waals surface area contributed by atoms with Gasteiger partial charge in [-0.15, -0.1) is 0 Å². The van der Waals surface area contributed by atoms with Gasteiger partial charge in [-0.05, 0) is 48.5 Å². The molecular weight excluding hydrogens is 192 g/mol. The summed E-state index contributed by atoms with van der Waals surface area (Å²) in [6, 6.07) is 16.0. The van der Waals surface area contributed by atoms with Crippen molar-refractivity contribution >= 4 is 0 Å². The summed E-state index contributed by atoms with van der Waals surface area (Å²) in [5.74, 6) is 12.5. The predicted molar refractivity (Wildman–Crippen MR) is 64.8 cm³/mol. The molecule has 0 amide bonds. The minimum absolute atomic E-state index is 1.02. The zero-order chi connectivity index (χ0) is 10.8. The summed E-state index contributed by atoms with van der Waals surface area (Å²) in [4.78, 5) is 0. The molecule has 16 heavy (non-hydrogen) atoms. The van der Waals surface area contributed by atoms with Crippen LogP contribution in [-0.2, 0) is 0 Å². The second-order valence-corrected chi connectivity index (χ2v) is 3.65. The van der Waals surface area contributed by atoms with E-state index in [1.807, 2.05) is 48.5 Å². The van der Waals surface area contributed by atoms with Crippen molar-refractivity contribution in [2.75, 3.05) is 0 Å². The molecule has 0 saturated heterocycles. The highest BCUT2D eigenvalue weighted by Gasteiger charge is 1.92.